The van der Waals surface area contributed by atoms with Gasteiger partial charge in [-0.1, -0.05) is 0 Å². The maximum Gasteiger partial charge on any atom is 0.274 e. The van der Waals surface area contributed by atoms with E-state index in [0.29, 0.717) is 0 Å². The van der Waals surface area contributed by atoms with Gasteiger partial charge >= 0.3 is 0 Å². The van der Waals surface area contributed by atoms with Gasteiger partial charge in [0, 0.05) is 0 Å². The summed E-state index contributed by atoms with van der Waals surface area (Å²) in [5.41, 5.74) is 0. The highest BCUT2D eigenvalue weighted by atomic mass is 31.2. The van der Waals surface area contributed by atoms with E-state index < -0.39 is 7.72 Å². The lowest BCUT2D eigenvalue weighted by atomic mass is 10.9. The van der Waals surface area contributed by atoms with Gasteiger partial charge in [0.15, 0.2) is 0 Å². The smallest absolute Gasteiger partial charge is 0.210 e. The van der Waals surface area contributed by atoms with Crippen molar-refractivity contribution >= 4 is 7.72 Å². The minimum absolute atomic E-state index is 0.767. The fraction of sp³-hybridized carbons (Fsp3) is 1.00. The summed E-state index contributed by atoms with van der Waals surface area (Å²) in [7, 11) is 0.308. The standard InChI is InChI=1S/C7H18O2P/c1-5-9-10(6-2,7-3)8-4/h5-7H2,1-4H3/q+1. The third-order valence-electron chi connectivity index (χ3n) is 1.66. The van der Waals surface area contributed by atoms with Crippen molar-refractivity contribution in [2.24, 2.45) is 0 Å². The zero-order chi connectivity index (χ0) is 8.04. The van der Waals surface area contributed by atoms with Crippen molar-refractivity contribution in [2.75, 3.05) is 26.0 Å². The fourth-order valence-corrected chi connectivity index (χ4v) is 2.86. The molecule has 0 spiro atoms. The first-order valence-electron chi connectivity index (χ1n) is 3.82. The Bertz CT molecular complexity index is 73.4. The topological polar surface area (TPSA) is 18.5 Å². The first-order chi connectivity index (χ1) is 4.74. The number of hydrogen-bond donors (Lipinski definition) is 0. The van der Waals surface area contributed by atoms with Crippen LogP contribution in [0.4, 0.5) is 0 Å². The molecular weight excluding hydrogens is 147 g/mol. The van der Waals surface area contributed by atoms with Crippen LogP contribution >= 0.6 is 7.72 Å². The zero-order valence-corrected chi connectivity index (χ0v) is 8.28. The van der Waals surface area contributed by atoms with Crippen LogP contribution in [0.3, 0.4) is 0 Å². The molecule has 0 amide bonds. The molecule has 0 aliphatic rings. The maximum absolute atomic E-state index is 5.57. The molecule has 0 unspecified atom stereocenters. The Morgan fingerprint density at radius 3 is 1.70 bits per heavy atom. The van der Waals surface area contributed by atoms with E-state index in [0.717, 1.165) is 18.9 Å². The van der Waals surface area contributed by atoms with Crippen LogP contribution in [0.25, 0.3) is 0 Å². The molecule has 2 nitrogen and oxygen atoms in total. The Kier molecular flexibility index (Phi) is 5.24. The van der Waals surface area contributed by atoms with Gasteiger partial charge in [-0.25, -0.2) is 9.05 Å². The van der Waals surface area contributed by atoms with Crippen LogP contribution in [-0.4, -0.2) is 26.0 Å². The van der Waals surface area contributed by atoms with Crippen molar-refractivity contribution in [3.63, 3.8) is 0 Å². The van der Waals surface area contributed by atoms with Gasteiger partial charge in [-0.15, -0.1) is 0 Å². The van der Waals surface area contributed by atoms with Gasteiger partial charge in [0.05, 0.1) is 13.7 Å². The Morgan fingerprint density at radius 2 is 1.60 bits per heavy atom. The predicted octanol–water partition coefficient (Wildman–Crippen LogP) is 2.56. The average Bonchev–Trinajstić information content (AvgIpc) is 2.01. The summed E-state index contributed by atoms with van der Waals surface area (Å²) in [6.07, 6.45) is 2.04. The molecule has 0 aromatic rings. The molecule has 0 saturated carbocycles. The third-order valence-corrected chi connectivity index (χ3v) is 4.98. The lowest BCUT2D eigenvalue weighted by Gasteiger charge is -2.18. The van der Waals surface area contributed by atoms with Crippen LogP contribution in [0.2, 0.25) is 0 Å². The average molecular weight is 165 g/mol. The van der Waals surface area contributed by atoms with Gasteiger partial charge in [0.25, 0.3) is 7.72 Å². The molecule has 0 bridgehead atoms. The zero-order valence-electron chi connectivity index (χ0n) is 7.39. The summed E-state index contributed by atoms with van der Waals surface area (Å²) in [5, 5.41) is 0. The molecule has 0 aromatic heterocycles. The van der Waals surface area contributed by atoms with Crippen LogP contribution < -0.4 is 0 Å². The largest absolute Gasteiger partial charge is 0.274 e. The first kappa shape index (κ1) is 10.3. The van der Waals surface area contributed by atoms with E-state index in [2.05, 4.69) is 13.8 Å². The van der Waals surface area contributed by atoms with Gasteiger partial charge < -0.3 is 0 Å². The summed E-state index contributed by atoms with van der Waals surface area (Å²) in [6.45, 7) is 7.02. The Hall–Kier alpha value is 0.350. The van der Waals surface area contributed by atoms with Gasteiger partial charge in [-0.2, -0.15) is 0 Å². The van der Waals surface area contributed by atoms with Crippen LogP contribution in [0, 0.1) is 0 Å². The molecule has 0 N–H and O–H groups in total. The summed E-state index contributed by atoms with van der Waals surface area (Å²) in [5.74, 6) is 0. The first-order valence-corrected chi connectivity index (χ1v) is 5.81. The lowest BCUT2D eigenvalue weighted by Crippen LogP contribution is -2.05. The van der Waals surface area contributed by atoms with Crippen molar-refractivity contribution in [1.82, 2.24) is 0 Å². The van der Waals surface area contributed by atoms with E-state index in [9.17, 15) is 0 Å². The van der Waals surface area contributed by atoms with Crippen molar-refractivity contribution in [2.45, 2.75) is 20.8 Å². The molecule has 10 heavy (non-hydrogen) atoms. The summed E-state index contributed by atoms with van der Waals surface area (Å²) >= 11 is 0. The minimum atomic E-state index is -1.44. The van der Waals surface area contributed by atoms with Crippen LogP contribution in [0.15, 0.2) is 0 Å². The predicted molar refractivity (Wildman–Crippen MR) is 46.6 cm³/mol. The lowest BCUT2D eigenvalue weighted by molar-refractivity contribution is 0.278. The number of rotatable bonds is 5. The molecule has 0 aliphatic carbocycles. The van der Waals surface area contributed by atoms with Gasteiger partial charge in [-0.3, -0.25) is 0 Å². The quantitative estimate of drug-likeness (QED) is 0.583. The highest BCUT2D eigenvalue weighted by Gasteiger charge is 2.35. The van der Waals surface area contributed by atoms with Gasteiger partial charge in [-0.05, 0) is 20.8 Å². The normalized spacial score (nSPS) is 12.0. The van der Waals surface area contributed by atoms with Crippen LogP contribution in [-0.2, 0) is 9.05 Å². The monoisotopic (exact) mass is 165 g/mol. The van der Waals surface area contributed by atoms with Gasteiger partial charge in [0.1, 0.15) is 12.3 Å². The van der Waals surface area contributed by atoms with Crippen molar-refractivity contribution in [3.8, 4) is 0 Å². The van der Waals surface area contributed by atoms with Crippen LogP contribution in [0.5, 0.6) is 0 Å². The van der Waals surface area contributed by atoms with E-state index in [1.54, 1.807) is 7.11 Å². The fourth-order valence-electron chi connectivity index (χ4n) is 0.952. The molecule has 0 fully saturated rings. The molecule has 0 aliphatic heterocycles. The molecular formula is C7H18O2P+. The molecule has 0 aromatic carbocycles. The SMILES string of the molecule is CCO[P+](CC)(CC)OC. The summed E-state index contributed by atoms with van der Waals surface area (Å²) < 4.78 is 10.9. The molecule has 0 radical (unpaired) electrons. The number of hydrogen-bond acceptors (Lipinski definition) is 2. The Balaban J connectivity index is 3.87. The van der Waals surface area contributed by atoms with Crippen molar-refractivity contribution in [1.29, 1.82) is 0 Å². The van der Waals surface area contributed by atoms with Crippen molar-refractivity contribution in [3.05, 3.63) is 0 Å². The van der Waals surface area contributed by atoms with E-state index >= 15 is 0 Å². The molecule has 0 saturated heterocycles. The highest BCUT2D eigenvalue weighted by molar-refractivity contribution is 7.66. The molecule has 3 heteroatoms. The van der Waals surface area contributed by atoms with Crippen LogP contribution in [0.1, 0.15) is 20.8 Å². The second-order valence-electron chi connectivity index (χ2n) is 2.05. The van der Waals surface area contributed by atoms with E-state index in [1.165, 1.54) is 0 Å². The molecule has 0 rings (SSSR count). The molecule has 0 atom stereocenters. The van der Waals surface area contributed by atoms with Crippen molar-refractivity contribution < 1.29 is 9.05 Å². The van der Waals surface area contributed by atoms with E-state index in [4.69, 9.17) is 9.05 Å². The summed E-state index contributed by atoms with van der Waals surface area (Å²) in [6, 6.07) is 0. The Labute approximate surface area is 64.4 Å². The second kappa shape index (κ2) is 5.06. The summed E-state index contributed by atoms with van der Waals surface area (Å²) in [4.78, 5) is 0. The van der Waals surface area contributed by atoms with E-state index in [-0.39, 0.29) is 0 Å². The van der Waals surface area contributed by atoms with Gasteiger partial charge in [0.2, 0.25) is 0 Å². The second-order valence-corrected chi connectivity index (χ2v) is 5.56. The van der Waals surface area contributed by atoms with E-state index in [1.807, 2.05) is 6.92 Å². The third kappa shape index (κ3) is 2.53. The highest BCUT2D eigenvalue weighted by Crippen LogP contribution is 2.59. The minimum Gasteiger partial charge on any atom is -0.210 e. The Morgan fingerprint density at radius 1 is 1.10 bits per heavy atom. The molecule has 62 valence electrons. The molecule has 0 heterocycles. The maximum atomic E-state index is 5.57.